The van der Waals surface area contributed by atoms with Crippen LogP contribution in [-0.2, 0) is 24.2 Å². The fourth-order valence-electron chi connectivity index (χ4n) is 2.98. The number of nitrogens with zero attached hydrogens (tertiary/aromatic N) is 2. The van der Waals surface area contributed by atoms with Gasteiger partial charge in [-0.25, -0.2) is 9.97 Å². The highest BCUT2D eigenvalue weighted by Crippen LogP contribution is 2.22. The molecule has 0 aliphatic carbocycles. The van der Waals surface area contributed by atoms with Crippen LogP contribution in [0.2, 0.25) is 0 Å². The number of carbonyl (C=O) groups is 1. The Kier molecular flexibility index (Phi) is 7.00. The number of hydrogen-bond acceptors (Lipinski definition) is 5. The molecular weight excluding hydrogens is 366 g/mol. The maximum atomic E-state index is 12.1. The molecule has 6 heteroatoms. The molecule has 0 aliphatic rings. The van der Waals surface area contributed by atoms with E-state index in [-0.39, 0.29) is 5.91 Å². The Labute approximate surface area is 171 Å². The van der Waals surface area contributed by atoms with Crippen molar-refractivity contribution in [2.24, 2.45) is 5.92 Å². The van der Waals surface area contributed by atoms with E-state index in [1.54, 1.807) is 25.6 Å². The number of hydrogen-bond donors (Lipinski definition) is 1. The van der Waals surface area contributed by atoms with E-state index >= 15 is 0 Å². The average Bonchev–Trinajstić information content (AvgIpc) is 3.20. The standard InChI is InChI=1S/C23H27N3O3/c1-16(2)12-17-4-7-19(8-5-17)20-15-26-23(29-20)11-9-21(27)24-13-18-6-10-22(28-3)25-14-18/h4-8,10,14-16H,9,11-13H2,1-3H3,(H,24,27). The second-order valence-corrected chi connectivity index (χ2v) is 7.40. The lowest BCUT2D eigenvalue weighted by Crippen LogP contribution is -2.23. The van der Waals surface area contributed by atoms with Crippen LogP contribution < -0.4 is 10.1 Å². The summed E-state index contributed by atoms with van der Waals surface area (Å²) in [5, 5.41) is 2.88. The lowest BCUT2D eigenvalue weighted by atomic mass is 10.0. The molecular formula is C23H27N3O3. The zero-order valence-corrected chi connectivity index (χ0v) is 17.1. The molecule has 0 unspecified atom stereocenters. The fourth-order valence-corrected chi connectivity index (χ4v) is 2.98. The lowest BCUT2D eigenvalue weighted by Gasteiger charge is -2.05. The van der Waals surface area contributed by atoms with Crippen LogP contribution in [0.4, 0.5) is 0 Å². The summed E-state index contributed by atoms with van der Waals surface area (Å²) in [5.41, 5.74) is 3.22. The van der Waals surface area contributed by atoms with Gasteiger partial charge in [0.05, 0.1) is 13.3 Å². The van der Waals surface area contributed by atoms with Crippen LogP contribution in [0.25, 0.3) is 11.3 Å². The van der Waals surface area contributed by atoms with Crippen LogP contribution in [0.1, 0.15) is 37.3 Å². The smallest absolute Gasteiger partial charge is 0.220 e. The van der Waals surface area contributed by atoms with E-state index in [0.717, 1.165) is 23.3 Å². The molecule has 3 rings (SSSR count). The highest BCUT2D eigenvalue weighted by atomic mass is 16.5. The van der Waals surface area contributed by atoms with Gasteiger partial charge in [0.15, 0.2) is 11.7 Å². The molecule has 0 radical (unpaired) electrons. The van der Waals surface area contributed by atoms with Crippen molar-refractivity contribution in [2.45, 2.75) is 39.7 Å². The topological polar surface area (TPSA) is 77.2 Å². The Balaban J connectivity index is 1.47. The van der Waals surface area contributed by atoms with E-state index in [2.05, 4.69) is 53.4 Å². The third-order valence-electron chi connectivity index (χ3n) is 4.50. The van der Waals surface area contributed by atoms with Gasteiger partial charge in [-0.2, -0.15) is 0 Å². The molecule has 152 valence electrons. The molecule has 0 atom stereocenters. The number of methoxy groups -OCH3 is 1. The minimum atomic E-state index is -0.0568. The van der Waals surface area contributed by atoms with Gasteiger partial charge in [-0.3, -0.25) is 4.79 Å². The summed E-state index contributed by atoms with van der Waals surface area (Å²) < 4.78 is 10.8. The number of rotatable bonds is 9. The molecule has 0 saturated heterocycles. The van der Waals surface area contributed by atoms with Crippen LogP contribution in [-0.4, -0.2) is 23.0 Å². The highest BCUT2D eigenvalue weighted by Gasteiger charge is 2.10. The van der Waals surface area contributed by atoms with Crippen molar-refractivity contribution in [3.8, 4) is 17.2 Å². The van der Waals surface area contributed by atoms with E-state index in [9.17, 15) is 4.79 Å². The summed E-state index contributed by atoms with van der Waals surface area (Å²) in [6.07, 6.45) is 5.23. The third-order valence-corrected chi connectivity index (χ3v) is 4.50. The van der Waals surface area contributed by atoms with Gasteiger partial charge in [-0.05, 0) is 23.5 Å². The van der Waals surface area contributed by atoms with E-state index in [4.69, 9.17) is 9.15 Å². The van der Waals surface area contributed by atoms with Crippen molar-refractivity contribution >= 4 is 5.91 Å². The lowest BCUT2D eigenvalue weighted by molar-refractivity contribution is -0.121. The van der Waals surface area contributed by atoms with Crippen molar-refractivity contribution in [2.75, 3.05) is 7.11 Å². The minimum absolute atomic E-state index is 0.0568. The van der Waals surface area contributed by atoms with Gasteiger partial charge in [0.1, 0.15) is 0 Å². The number of aryl methyl sites for hydroxylation is 1. The Hall–Kier alpha value is -3.15. The van der Waals surface area contributed by atoms with Crippen molar-refractivity contribution in [3.63, 3.8) is 0 Å². The van der Waals surface area contributed by atoms with Crippen molar-refractivity contribution in [1.29, 1.82) is 0 Å². The second kappa shape index (κ2) is 9.87. The third kappa shape index (κ3) is 6.17. The van der Waals surface area contributed by atoms with Gasteiger partial charge in [0.25, 0.3) is 0 Å². The number of pyridine rings is 1. The first kappa shape index (κ1) is 20.6. The van der Waals surface area contributed by atoms with Crippen LogP contribution in [0, 0.1) is 5.92 Å². The number of amides is 1. The van der Waals surface area contributed by atoms with E-state index in [1.165, 1.54) is 5.56 Å². The maximum absolute atomic E-state index is 12.1. The SMILES string of the molecule is COc1ccc(CNC(=O)CCc2ncc(-c3ccc(CC(C)C)cc3)o2)cn1. The highest BCUT2D eigenvalue weighted by molar-refractivity contribution is 5.76. The van der Waals surface area contributed by atoms with Gasteiger partial charge < -0.3 is 14.5 Å². The Morgan fingerprint density at radius 2 is 1.83 bits per heavy atom. The van der Waals surface area contributed by atoms with Gasteiger partial charge in [-0.1, -0.05) is 44.2 Å². The first-order chi connectivity index (χ1) is 14.0. The number of carbonyl (C=O) groups excluding carboxylic acids is 1. The molecule has 29 heavy (non-hydrogen) atoms. The molecule has 1 amide bonds. The molecule has 1 aromatic carbocycles. The zero-order valence-electron chi connectivity index (χ0n) is 17.1. The fraction of sp³-hybridized carbons (Fsp3) is 0.348. The van der Waals surface area contributed by atoms with E-state index in [1.807, 2.05) is 6.07 Å². The number of benzene rings is 1. The van der Waals surface area contributed by atoms with Crippen LogP contribution in [0.5, 0.6) is 5.88 Å². The van der Waals surface area contributed by atoms with Gasteiger partial charge in [0.2, 0.25) is 11.8 Å². The molecule has 0 spiro atoms. The van der Waals surface area contributed by atoms with Crippen LogP contribution in [0.3, 0.4) is 0 Å². The molecule has 6 nitrogen and oxygen atoms in total. The summed E-state index contributed by atoms with van der Waals surface area (Å²) >= 11 is 0. The summed E-state index contributed by atoms with van der Waals surface area (Å²) in [5.74, 6) is 2.41. The molecule has 0 saturated carbocycles. The zero-order chi connectivity index (χ0) is 20.6. The largest absolute Gasteiger partial charge is 0.481 e. The van der Waals surface area contributed by atoms with Gasteiger partial charge >= 0.3 is 0 Å². The summed E-state index contributed by atoms with van der Waals surface area (Å²) in [6.45, 7) is 4.84. The Morgan fingerprint density at radius 3 is 2.48 bits per heavy atom. The first-order valence-corrected chi connectivity index (χ1v) is 9.83. The normalized spacial score (nSPS) is 10.9. The summed E-state index contributed by atoms with van der Waals surface area (Å²) in [6, 6.07) is 12.0. The predicted octanol–water partition coefficient (Wildman–Crippen LogP) is 4.19. The first-order valence-electron chi connectivity index (χ1n) is 9.83. The molecule has 0 bridgehead atoms. The maximum Gasteiger partial charge on any atom is 0.220 e. The second-order valence-electron chi connectivity index (χ2n) is 7.40. The molecule has 2 heterocycles. The molecule has 1 N–H and O–H groups in total. The van der Waals surface area contributed by atoms with Crippen molar-refractivity contribution in [1.82, 2.24) is 15.3 Å². The predicted molar refractivity (Wildman–Crippen MR) is 111 cm³/mol. The number of ether oxygens (including phenoxy) is 1. The summed E-state index contributed by atoms with van der Waals surface area (Å²) in [7, 11) is 1.57. The molecule has 2 aromatic heterocycles. The number of aromatic nitrogens is 2. The van der Waals surface area contributed by atoms with Crippen molar-refractivity contribution < 1.29 is 13.9 Å². The number of nitrogens with one attached hydrogen (secondary N) is 1. The monoisotopic (exact) mass is 393 g/mol. The molecule has 0 aliphatic heterocycles. The van der Waals surface area contributed by atoms with E-state index in [0.29, 0.717) is 37.1 Å². The average molecular weight is 393 g/mol. The molecule has 0 fully saturated rings. The van der Waals surface area contributed by atoms with Gasteiger partial charge in [-0.15, -0.1) is 0 Å². The quantitative estimate of drug-likeness (QED) is 0.590. The van der Waals surface area contributed by atoms with Gasteiger partial charge in [0, 0.05) is 37.2 Å². The molecule has 3 aromatic rings. The van der Waals surface area contributed by atoms with Crippen LogP contribution in [0.15, 0.2) is 53.2 Å². The summed E-state index contributed by atoms with van der Waals surface area (Å²) in [4.78, 5) is 20.5. The van der Waals surface area contributed by atoms with Crippen LogP contribution >= 0.6 is 0 Å². The Morgan fingerprint density at radius 1 is 1.07 bits per heavy atom. The number of oxazole rings is 1. The van der Waals surface area contributed by atoms with Crippen molar-refractivity contribution in [3.05, 3.63) is 65.8 Å². The minimum Gasteiger partial charge on any atom is -0.481 e. The Bertz CT molecular complexity index is 915. The van der Waals surface area contributed by atoms with E-state index < -0.39 is 0 Å².